The third-order valence-electron chi connectivity index (χ3n) is 1.66. The predicted molar refractivity (Wildman–Crippen MR) is 52.1 cm³/mol. The van der Waals surface area contributed by atoms with Crippen molar-refractivity contribution in [2.45, 2.75) is 20.3 Å². The number of carbonyl (C=O) groups is 1. The van der Waals surface area contributed by atoms with Gasteiger partial charge in [0.2, 0.25) is 0 Å². The summed E-state index contributed by atoms with van der Waals surface area (Å²) in [6.45, 7) is 3.37. The molecule has 2 nitrogen and oxygen atoms in total. The number of carbonyl (C=O) groups excluding carboxylic acids is 1. The number of hydrogen-bond donors (Lipinski definition) is 0. The fraction of sp³-hybridized carbons (Fsp3) is 0.300. The van der Waals surface area contributed by atoms with E-state index in [-0.39, 0.29) is 5.97 Å². The Hall–Kier alpha value is -1.02. The first-order valence-corrected chi connectivity index (χ1v) is 4.48. The number of hydrogen-bond acceptors (Lipinski definition) is 2. The van der Waals surface area contributed by atoms with Gasteiger partial charge in [-0.2, -0.15) is 0 Å². The van der Waals surface area contributed by atoms with E-state index in [9.17, 15) is 4.79 Å². The quantitative estimate of drug-likeness (QED) is 0.540. The molecule has 0 unspecified atom stereocenters. The zero-order chi connectivity index (χ0) is 9.84. The minimum absolute atomic E-state index is 0.308. The molecule has 0 saturated heterocycles. The number of rotatable bonds is 2. The van der Waals surface area contributed by atoms with Gasteiger partial charge in [-0.15, -0.1) is 0 Å². The van der Waals surface area contributed by atoms with E-state index in [0.29, 0.717) is 10.8 Å². The second-order valence-corrected chi connectivity index (χ2v) is 3.14. The summed E-state index contributed by atoms with van der Waals surface area (Å²) < 4.78 is 4.99. The lowest BCUT2D eigenvalue weighted by Crippen LogP contribution is -2.03. The molecule has 0 aliphatic carbocycles. The van der Waals surface area contributed by atoms with E-state index < -0.39 is 0 Å². The van der Waals surface area contributed by atoms with Crippen LogP contribution in [0, 0.1) is 0 Å². The van der Waals surface area contributed by atoms with Gasteiger partial charge >= 0.3 is 5.97 Å². The molecule has 1 rings (SSSR count). The molecule has 0 aliphatic heterocycles. The summed E-state index contributed by atoms with van der Waals surface area (Å²) in [5.41, 5.74) is 0.947. The topological polar surface area (TPSA) is 26.3 Å². The molecule has 0 radical (unpaired) electrons. The van der Waals surface area contributed by atoms with Crippen molar-refractivity contribution < 1.29 is 9.53 Å². The first kappa shape index (κ1) is 10.1. The van der Waals surface area contributed by atoms with Gasteiger partial charge in [-0.05, 0) is 30.2 Å². The second kappa shape index (κ2) is 4.28. The van der Waals surface area contributed by atoms with Crippen molar-refractivity contribution in [2.75, 3.05) is 0 Å². The molecule has 0 saturated carbocycles. The minimum atomic E-state index is -0.308. The molecule has 0 N–H and O–H groups in total. The fourth-order valence-corrected chi connectivity index (χ4v) is 1.27. The summed E-state index contributed by atoms with van der Waals surface area (Å²) in [6.07, 6.45) is 0.795. The number of esters is 1. The van der Waals surface area contributed by atoms with Gasteiger partial charge in [0.05, 0.1) is 0 Å². The van der Waals surface area contributed by atoms with Crippen LogP contribution in [0.15, 0.2) is 18.2 Å². The van der Waals surface area contributed by atoms with E-state index in [2.05, 4.69) is 0 Å². The van der Waals surface area contributed by atoms with Gasteiger partial charge in [-0.1, -0.05) is 18.5 Å². The molecule has 0 atom stereocenters. The second-order valence-electron chi connectivity index (χ2n) is 2.70. The maximum atomic E-state index is 10.7. The highest BCUT2D eigenvalue weighted by molar-refractivity contribution is 6.30. The molecular formula is C10H11ClO2. The predicted octanol–water partition coefficient (Wildman–Crippen LogP) is 2.83. The number of ether oxygens (including phenoxy) is 1. The van der Waals surface area contributed by atoms with Crippen molar-refractivity contribution in [3.63, 3.8) is 0 Å². The maximum absolute atomic E-state index is 10.7. The zero-order valence-corrected chi connectivity index (χ0v) is 8.39. The SMILES string of the molecule is CCc1cc(Cl)ccc1OC(C)=O. The standard InChI is InChI=1S/C10H11ClO2/c1-3-8-6-9(11)4-5-10(8)13-7(2)12/h4-6H,3H2,1-2H3. The van der Waals surface area contributed by atoms with Crippen LogP contribution >= 0.6 is 11.6 Å². The van der Waals surface area contributed by atoms with Crippen LogP contribution in [0.4, 0.5) is 0 Å². The van der Waals surface area contributed by atoms with Crippen molar-refractivity contribution in [3.05, 3.63) is 28.8 Å². The van der Waals surface area contributed by atoms with Gasteiger partial charge in [0.25, 0.3) is 0 Å². The van der Waals surface area contributed by atoms with Crippen molar-refractivity contribution in [1.82, 2.24) is 0 Å². The summed E-state index contributed by atoms with van der Waals surface area (Å²) in [6, 6.07) is 5.22. The van der Waals surface area contributed by atoms with E-state index in [1.807, 2.05) is 6.92 Å². The van der Waals surface area contributed by atoms with Crippen LogP contribution in [0.5, 0.6) is 5.75 Å². The summed E-state index contributed by atoms with van der Waals surface area (Å²) >= 11 is 5.79. The van der Waals surface area contributed by atoms with Gasteiger partial charge in [-0.3, -0.25) is 4.79 Å². The minimum Gasteiger partial charge on any atom is -0.426 e. The Balaban J connectivity index is 2.99. The molecule has 70 valence electrons. The van der Waals surface area contributed by atoms with E-state index >= 15 is 0 Å². The average Bonchev–Trinajstić information content (AvgIpc) is 2.07. The molecule has 0 fully saturated rings. The normalized spacial score (nSPS) is 9.77. The van der Waals surface area contributed by atoms with Crippen LogP contribution in [0.2, 0.25) is 5.02 Å². The lowest BCUT2D eigenvalue weighted by molar-refractivity contribution is -0.131. The van der Waals surface area contributed by atoms with E-state index in [1.54, 1.807) is 18.2 Å². The maximum Gasteiger partial charge on any atom is 0.308 e. The number of benzene rings is 1. The van der Waals surface area contributed by atoms with Crippen LogP contribution in [0.25, 0.3) is 0 Å². The highest BCUT2D eigenvalue weighted by Crippen LogP contribution is 2.23. The van der Waals surface area contributed by atoms with E-state index in [0.717, 1.165) is 12.0 Å². The van der Waals surface area contributed by atoms with Crippen LogP contribution in [-0.2, 0) is 11.2 Å². The third-order valence-corrected chi connectivity index (χ3v) is 1.89. The lowest BCUT2D eigenvalue weighted by Gasteiger charge is -2.06. The largest absolute Gasteiger partial charge is 0.426 e. The molecule has 0 bridgehead atoms. The van der Waals surface area contributed by atoms with Gasteiger partial charge in [-0.25, -0.2) is 0 Å². The molecule has 1 aromatic rings. The number of aryl methyl sites for hydroxylation is 1. The fourth-order valence-electron chi connectivity index (χ4n) is 1.08. The smallest absolute Gasteiger partial charge is 0.308 e. The van der Waals surface area contributed by atoms with Crippen molar-refractivity contribution in [3.8, 4) is 5.75 Å². The lowest BCUT2D eigenvalue weighted by atomic mass is 10.1. The van der Waals surface area contributed by atoms with Crippen LogP contribution in [0.1, 0.15) is 19.4 Å². The van der Waals surface area contributed by atoms with E-state index in [1.165, 1.54) is 6.92 Å². The molecule has 0 spiro atoms. The van der Waals surface area contributed by atoms with Gasteiger partial charge in [0.1, 0.15) is 5.75 Å². The molecule has 3 heteroatoms. The Morgan fingerprint density at radius 3 is 2.77 bits per heavy atom. The van der Waals surface area contributed by atoms with E-state index in [4.69, 9.17) is 16.3 Å². The Kier molecular flexibility index (Phi) is 3.32. The highest BCUT2D eigenvalue weighted by Gasteiger charge is 2.04. The molecule has 0 aliphatic rings. The van der Waals surface area contributed by atoms with Gasteiger partial charge < -0.3 is 4.74 Å². The Morgan fingerprint density at radius 2 is 2.23 bits per heavy atom. The monoisotopic (exact) mass is 198 g/mol. The Bertz CT molecular complexity index is 321. The summed E-state index contributed by atoms with van der Waals surface area (Å²) in [7, 11) is 0. The summed E-state index contributed by atoms with van der Waals surface area (Å²) in [5, 5.41) is 0.660. The van der Waals surface area contributed by atoms with Crippen LogP contribution in [-0.4, -0.2) is 5.97 Å². The van der Waals surface area contributed by atoms with Crippen LogP contribution in [0.3, 0.4) is 0 Å². The summed E-state index contributed by atoms with van der Waals surface area (Å²) in [4.78, 5) is 10.7. The molecule has 0 heterocycles. The molecule has 1 aromatic carbocycles. The average molecular weight is 199 g/mol. The summed E-state index contributed by atoms with van der Waals surface area (Å²) in [5.74, 6) is 0.288. The van der Waals surface area contributed by atoms with Crippen molar-refractivity contribution in [2.24, 2.45) is 0 Å². The Morgan fingerprint density at radius 1 is 1.54 bits per heavy atom. The molecule has 0 aromatic heterocycles. The van der Waals surface area contributed by atoms with Gasteiger partial charge in [0, 0.05) is 11.9 Å². The first-order chi connectivity index (χ1) is 6.13. The van der Waals surface area contributed by atoms with Gasteiger partial charge in [0.15, 0.2) is 0 Å². The Labute approximate surface area is 82.5 Å². The van der Waals surface area contributed by atoms with Crippen molar-refractivity contribution >= 4 is 17.6 Å². The molecule has 13 heavy (non-hydrogen) atoms. The highest BCUT2D eigenvalue weighted by atomic mass is 35.5. The third kappa shape index (κ3) is 2.74. The molecular weight excluding hydrogens is 188 g/mol. The molecule has 0 amide bonds. The van der Waals surface area contributed by atoms with Crippen LogP contribution < -0.4 is 4.74 Å². The number of halogens is 1. The van der Waals surface area contributed by atoms with Crippen molar-refractivity contribution in [1.29, 1.82) is 0 Å². The zero-order valence-electron chi connectivity index (χ0n) is 7.63. The first-order valence-electron chi connectivity index (χ1n) is 4.10.